The Labute approximate surface area is 90.7 Å². The molecule has 16 heavy (non-hydrogen) atoms. The van der Waals surface area contributed by atoms with Gasteiger partial charge in [0.05, 0.1) is 12.8 Å². The molecule has 1 heterocycles. The Morgan fingerprint density at radius 2 is 2.00 bits per heavy atom. The molecule has 0 amide bonds. The summed E-state index contributed by atoms with van der Waals surface area (Å²) in [6.07, 6.45) is 1.45. The molecule has 0 N–H and O–H groups in total. The predicted octanol–water partition coefficient (Wildman–Crippen LogP) is 2.43. The lowest BCUT2D eigenvalue weighted by Gasteiger charge is -2.03. The summed E-state index contributed by atoms with van der Waals surface area (Å²) in [7, 11) is 1.42. The Hall–Kier alpha value is -2.04. The first-order valence-corrected chi connectivity index (χ1v) is 4.53. The van der Waals surface area contributed by atoms with Crippen LogP contribution in [0.3, 0.4) is 0 Å². The van der Waals surface area contributed by atoms with Crippen LogP contribution >= 0.6 is 0 Å². The van der Waals surface area contributed by atoms with Gasteiger partial charge >= 0.3 is 6.01 Å². The monoisotopic (exact) mass is 222 g/mol. The first-order valence-electron chi connectivity index (χ1n) is 4.53. The fourth-order valence-corrected chi connectivity index (χ4v) is 1.29. The van der Waals surface area contributed by atoms with Crippen molar-refractivity contribution in [1.29, 1.82) is 0 Å². The quantitative estimate of drug-likeness (QED) is 0.782. The smallest absolute Gasteiger partial charge is 0.316 e. The van der Waals surface area contributed by atoms with Crippen LogP contribution in [0.15, 0.2) is 30.5 Å². The van der Waals surface area contributed by atoms with E-state index in [0.717, 1.165) is 6.07 Å². The van der Waals surface area contributed by atoms with Gasteiger partial charge in [0.15, 0.2) is 0 Å². The Morgan fingerprint density at radius 1 is 1.19 bits per heavy atom. The van der Waals surface area contributed by atoms with E-state index in [1.165, 1.54) is 31.5 Å². The molecule has 1 aromatic carbocycles. The number of nitrogens with zero attached hydrogens (tertiary/aromatic N) is 2. The van der Waals surface area contributed by atoms with Crippen molar-refractivity contribution in [1.82, 2.24) is 9.97 Å². The molecule has 0 saturated heterocycles. The number of ether oxygens (including phenoxy) is 1. The van der Waals surface area contributed by atoms with Crippen molar-refractivity contribution in [2.24, 2.45) is 0 Å². The zero-order valence-corrected chi connectivity index (χ0v) is 8.45. The normalized spacial score (nSPS) is 10.2. The zero-order chi connectivity index (χ0) is 11.5. The molecule has 82 valence electrons. The van der Waals surface area contributed by atoms with Gasteiger partial charge in [-0.25, -0.2) is 13.8 Å². The van der Waals surface area contributed by atoms with Crippen molar-refractivity contribution >= 4 is 0 Å². The number of rotatable bonds is 2. The van der Waals surface area contributed by atoms with Crippen molar-refractivity contribution in [3.63, 3.8) is 0 Å². The van der Waals surface area contributed by atoms with Crippen LogP contribution < -0.4 is 4.74 Å². The van der Waals surface area contributed by atoms with Gasteiger partial charge in [0.25, 0.3) is 0 Å². The highest BCUT2D eigenvalue weighted by Crippen LogP contribution is 2.22. The molecule has 2 rings (SSSR count). The van der Waals surface area contributed by atoms with Crippen LogP contribution in [0.1, 0.15) is 0 Å². The second-order valence-electron chi connectivity index (χ2n) is 3.05. The minimum atomic E-state index is -0.666. The highest BCUT2D eigenvalue weighted by Gasteiger charge is 2.08. The Bertz CT molecular complexity index is 517. The Kier molecular flexibility index (Phi) is 2.76. The molecular formula is C11H8F2N2O. The van der Waals surface area contributed by atoms with Crippen LogP contribution in [0.25, 0.3) is 11.3 Å². The van der Waals surface area contributed by atoms with Crippen LogP contribution in [-0.2, 0) is 0 Å². The fourth-order valence-electron chi connectivity index (χ4n) is 1.29. The topological polar surface area (TPSA) is 35.0 Å². The predicted molar refractivity (Wildman–Crippen MR) is 53.9 cm³/mol. The van der Waals surface area contributed by atoms with Gasteiger partial charge in [0.1, 0.15) is 11.6 Å². The minimum absolute atomic E-state index is 0.140. The van der Waals surface area contributed by atoms with Gasteiger partial charge in [-0.1, -0.05) is 0 Å². The molecule has 0 radical (unpaired) electrons. The molecule has 0 spiro atoms. The lowest BCUT2D eigenvalue weighted by atomic mass is 10.1. The standard InChI is InChI=1S/C11H8F2N2O/c1-16-11-14-5-4-10(15-11)8-3-2-7(12)6-9(8)13/h2-6H,1H3. The summed E-state index contributed by atoms with van der Waals surface area (Å²) in [4.78, 5) is 7.76. The summed E-state index contributed by atoms with van der Waals surface area (Å²) in [6, 6.07) is 4.98. The van der Waals surface area contributed by atoms with Gasteiger partial charge in [-0.3, -0.25) is 0 Å². The molecule has 0 bridgehead atoms. The van der Waals surface area contributed by atoms with E-state index in [2.05, 4.69) is 9.97 Å². The van der Waals surface area contributed by atoms with Gasteiger partial charge in [-0.05, 0) is 18.2 Å². The maximum atomic E-state index is 13.4. The van der Waals surface area contributed by atoms with E-state index < -0.39 is 11.6 Å². The SMILES string of the molecule is COc1nccc(-c2ccc(F)cc2F)n1. The molecule has 0 aliphatic heterocycles. The first-order chi connectivity index (χ1) is 7.70. The summed E-state index contributed by atoms with van der Waals surface area (Å²) in [6.45, 7) is 0. The summed E-state index contributed by atoms with van der Waals surface area (Å²) >= 11 is 0. The van der Waals surface area contributed by atoms with Crippen molar-refractivity contribution in [2.45, 2.75) is 0 Å². The third-order valence-electron chi connectivity index (χ3n) is 2.02. The molecule has 0 aliphatic rings. The molecule has 2 aromatic rings. The molecule has 5 heteroatoms. The van der Waals surface area contributed by atoms with Crippen molar-refractivity contribution in [3.8, 4) is 17.3 Å². The van der Waals surface area contributed by atoms with Crippen LogP contribution in [0, 0.1) is 11.6 Å². The molecular weight excluding hydrogens is 214 g/mol. The number of methoxy groups -OCH3 is 1. The number of aromatic nitrogens is 2. The molecule has 0 fully saturated rings. The highest BCUT2D eigenvalue weighted by atomic mass is 19.1. The molecule has 3 nitrogen and oxygen atoms in total. The molecule has 0 aliphatic carbocycles. The Morgan fingerprint density at radius 3 is 2.69 bits per heavy atom. The minimum Gasteiger partial charge on any atom is -0.467 e. The van der Waals surface area contributed by atoms with Crippen LogP contribution in [0.5, 0.6) is 6.01 Å². The molecule has 0 unspecified atom stereocenters. The van der Waals surface area contributed by atoms with Gasteiger partial charge in [0, 0.05) is 17.8 Å². The van der Waals surface area contributed by atoms with Gasteiger partial charge < -0.3 is 4.74 Å². The average Bonchev–Trinajstić information content (AvgIpc) is 2.29. The van der Waals surface area contributed by atoms with Crippen LogP contribution in [0.4, 0.5) is 8.78 Å². The molecule has 0 saturated carbocycles. The number of hydrogen-bond acceptors (Lipinski definition) is 3. The lowest BCUT2D eigenvalue weighted by Crippen LogP contribution is -1.94. The number of hydrogen-bond donors (Lipinski definition) is 0. The zero-order valence-electron chi connectivity index (χ0n) is 8.45. The summed E-state index contributed by atoms with van der Waals surface area (Å²) < 4.78 is 31.0. The molecule has 0 atom stereocenters. The van der Waals surface area contributed by atoms with Crippen LogP contribution in [-0.4, -0.2) is 17.1 Å². The van der Waals surface area contributed by atoms with E-state index in [9.17, 15) is 8.78 Å². The van der Waals surface area contributed by atoms with E-state index in [4.69, 9.17) is 4.74 Å². The summed E-state index contributed by atoms with van der Waals surface area (Å²) in [5, 5.41) is 0. The maximum absolute atomic E-state index is 13.4. The largest absolute Gasteiger partial charge is 0.467 e. The summed E-state index contributed by atoms with van der Waals surface area (Å²) in [5.41, 5.74) is 0.562. The van der Waals surface area contributed by atoms with E-state index in [1.807, 2.05) is 0 Å². The number of halogens is 2. The van der Waals surface area contributed by atoms with Crippen LogP contribution in [0.2, 0.25) is 0 Å². The summed E-state index contributed by atoms with van der Waals surface area (Å²) in [5.74, 6) is -1.29. The third-order valence-corrected chi connectivity index (χ3v) is 2.02. The van der Waals surface area contributed by atoms with Gasteiger partial charge in [0.2, 0.25) is 0 Å². The van der Waals surface area contributed by atoms with E-state index in [1.54, 1.807) is 0 Å². The van der Waals surface area contributed by atoms with E-state index in [-0.39, 0.29) is 11.6 Å². The van der Waals surface area contributed by atoms with Crippen molar-refractivity contribution in [2.75, 3.05) is 7.11 Å². The van der Waals surface area contributed by atoms with Crippen molar-refractivity contribution in [3.05, 3.63) is 42.1 Å². The molecule has 1 aromatic heterocycles. The first kappa shape index (κ1) is 10.5. The fraction of sp³-hybridized carbons (Fsp3) is 0.0909. The second kappa shape index (κ2) is 4.22. The lowest BCUT2D eigenvalue weighted by molar-refractivity contribution is 0.380. The van der Waals surface area contributed by atoms with Gasteiger partial charge in [-0.2, -0.15) is 4.98 Å². The third kappa shape index (κ3) is 1.98. The van der Waals surface area contributed by atoms with Gasteiger partial charge in [-0.15, -0.1) is 0 Å². The van der Waals surface area contributed by atoms with Crippen molar-refractivity contribution < 1.29 is 13.5 Å². The number of benzene rings is 1. The second-order valence-corrected chi connectivity index (χ2v) is 3.05. The Balaban J connectivity index is 2.49. The highest BCUT2D eigenvalue weighted by molar-refractivity contribution is 5.59. The van der Waals surface area contributed by atoms with E-state index in [0.29, 0.717) is 5.69 Å². The maximum Gasteiger partial charge on any atom is 0.316 e. The van der Waals surface area contributed by atoms with E-state index >= 15 is 0 Å². The average molecular weight is 222 g/mol.